The Morgan fingerprint density at radius 3 is 2.96 bits per heavy atom. The maximum absolute atomic E-state index is 13.8. The average Bonchev–Trinajstić information content (AvgIpc) is 3.08. The van der Waals surface area contributed by atoms with E-state index in [1.165, 1.54) is 17.4 Å². The van der Waals surface area contributed by atoms with Gasteiger partial charge in [-0.15, -0.1) is 11.3 Å². The zero-order valence-electron chi connectivity index (χ0n) is 14.7. The van der Waals surface area contributed by atoms with Crippen LogP contribution in [0.3, 0.4) is 0 Å². The Morgan fingerprint density at radius 1 is 1.44 bits per heavy atom. The third-order valence-electron chi connectivity index (χ3n) is 4.44. The maximum Gasteiger partial charge on any atom is 0.271 e. The van der Waals surface area contributed by atoms with Crippen LogP contribution in [0.25, 0.3) is 0 Å². The predicted octanol–water partition coefficient (Wildman–Crippen LogP) is 3.80. The Balaban J connectivity index is 1.57. The van der Waals surface area contributed by atoms with Gasteiger partial charge in [-0.2, -0.15) is 0 Å². The number of carbonyl (C=O) groups is 1. The summed E-state index contributed by atoms with van der Waals surface area (Å²) in [6.07, 6.45) is 1.94. The summed E-state index contributed by atoms with van der Waals surface area (Å²) < 4.78 is 13.8. The summed E-state index contributed by atoms with van der Waals surface area (Å²) in [4.78, 5) is 19.0. The molecule has 6 heteroatoms. The second-order valence-corrected chi connectivity index (χ2v) is 7.75. The van der Waals surface area contributed by atoms with E-state index in [1.807, 2.05) is 17.5 Å². The number of likely N-dealkylation sites (tertiary alicyclic amines) is 1. The van der Waals surface area contributed by atoms with E-state index in [2.05, 4.69) is 29.0 Å². The van der Waals surface area contributed by atoms with Crippen molar-refractivity contribution in [2.75, 3.05) is 13.1 Å². The Bertz CT molecular complexity index is 731. The first kappa shape index (κ1) is 18.0. The van der Waals surface area contributed by atoms with Crippen molar-refractivity contribution in [1.29, 1.82) is 0 Å². The van der Waals surface area contributed by atoms with E-state index in [0.29, 0.717) is 23.7 Å². The topological polar surface area (TPSA) is 45.2 Å². The highest BCUT2D eigenvalue weighted by Gasteiger charge is 2.23. The molecular weight excluding hydrogens is 337 g/mol. The van der Waals surface area contributed by atoms with Gasteiger partial charge in [0.2, 0.25) is 0 Å². The molecule has 1 fully saturated rings. The van der Waals surface area contributed by atoms with Crippen LogP contribution in [0.15, 0.2) is 29.6 Å². The quantitative estimate of drug-likeness (QED) is 0.881. The molecule has 2 aromatic rings. The second-order valence-electron chi connectivity index (χ2n) is 6.86. The van der Waals surface area contributed by atoms with Gasteiger partial charge in [0.15, 0.2) is 0 Å². The highest BCUT2D eigenvalue weighted by atomic mass is 32.1. The van der Waals surface area contributed by atoms with Gasteiger partial charge in [0, 0.05) is 36.0 Å². The molecule has 3 rings (SSSR count). The monoisotopic (exact) mass is 361 g/mol. The molecule has 0 unspecified atom stereocenters. The fourth-order valence-electron chi connectivity index (χ4n) is 3.10. The lowest BCUT2D eigenvalue weighted by atomic mass is 10.0. The van der Waals surface area contributed by atoms with Gasteiger partial charge in [-0.3, -0.25) is 9.69 Å². The molecule has 0 radical (unpaired) electrons. The molecule has 1 aromatic heterocycles. The largest absolute Gasteiger partial charge is 0.347 e. The molecule has 1 aliphatic rings. The third-order valence-corrected chi connectivity index (χ3v) is 5.59. The van der Waals surface area contributed by atoms with E-state index < -0.39 is 0 Å². The standard InChI is InChI=1S/C19H24FN3OS/c1-13(2)19-22-17(12-25-19)18(24)21-15-7-5-9-23(11-15)10-14-6-3-4-8-16(14)20/h3-4,6,8,12-13,15H,5,7,9-11H2,1-2H3,(H,21,24)/t15-/m0/s1. The van der Waals surface area contributed by atoms with E-state index in [-0.39, 0.29) is 17.8 Å². The van der Waals surface area contributed by atoms with E-state index in [9.17, 15) is 9.18 Å². The predicted molar refractivity (Wildman–Crippen MR) is 98.4 cm³/mol. The second kappa shape index (κ2) is 8.06. The van der Waals surface area contributed by atoms with Crippen molar-refractivity contribution in [3.05, 3.63) is 51.7 Å². The molecule has 0 spiro atoms. The smallest absolute Gasteiger partial charge is 0.271 e. The minimum absolute atomic E-state index is 0.0808. The van der Waals surface area contributed by atoms with Crippen LogP contribution in [0.1, 0.15) is 53.7 Å². The van der Waals surface area contributed by atoms with Crippen molar-refractivity contribution in [3.8, 4) is 0 Å². The molecular formula is C19H24FN3OS. The van der Waals surface area contributed by atoms with Crippen molar-refractivity contribution in [1.82, 2.24) is 15.2 Å². The van der Waals surface area contributed by atoms with E-state index in [1.54, 1.807) is 6.07 Å². The lowest BCUT2D eigenvalue weighted by Gasteiger charge is -2.33. The molecule has 25 heavy (non-hydrogen) atoms. The summed E-state index contributed by atoms with van der Waals surface area (Å²) in [5.74, 6) is 0.0516. The Labute approximate surface area is 152 Å². The SMILES string of the molecule is CC(C)c1nc(C(=O)N[C@H]2CCCN(Cc3ccccc3F)C2)cs1. The van der Waals surface area contributed by atoms with Gasteiger partial charge in [-0.05, 0) is 25.5 Å². The number of nitrogens with zero attached hydrogens (tertiary/aromatic N) is 2. The molecule has 134 valence electrons. The fraction of sp³-hybridized carbons (Fsp3) is 0.474. The molecule has 1 N–H and O–H groups in total. The molecule has 4 nitrogen and oxygen atoms in total. The van der Waals surface area contributed by atoms with Gasteiger partial charge < -0.3 is 5.32 Å². The normalized spacial score (nSPS) is 18.5. The lowest BCUT2D eigenvalue weighted by molar-refractivity contribution is 0.0895. The maximum atomic E-state index is 13.8. The Morgan fingerprint density at radius 2 is 2.24 bits per heavy atom. The summed E-state index contributed by atoms with van der Waals surface area (Å²) in [5, 5.41) is 5.89. The van der Waals surface area contributed by atoms with Gasteiger partial charge in [-0.1, -0.05) is 32.0 Å². The molecule has 2 heterocycles. The summed E-state index contributed by atoms with van der Waals surface area (Å²) in [6, 6.07) is 6.96. The number of piperidine rings is 1. The van der Waals surface area contributed by atoms with E-state index in [4.69, 9.17) is 0 Å². The van der Waals surface area contributed by atoms with Gasteiger partial charge in [-0.25, -0.2) is 9.37 Å². The van der Waals surface area contributed by atoms with Crippen LogP contribution >= 0.6 is 11.3 Å². The number of amides is 1. The summed E-state index contributed by atoms with van der Waals surface area (Å²) >= 11 is 1.53. The molecule has 1 aliphatic heterocycles. The number of rotatable bonds is 5. The van der Waals surface area contributed by atoms with Crippen LogP contribution in [0, 0.1) is 5.82 Å². The van der Waals surface area contributed by atoms with Gasteiger partial charge in [0.05, 0.1) is 5.01 Å². The lowest BCUT2D eigenvalue weighted by Crippen LogP contribution is -2.47. The highest BCUT2D eigenvalue weighted by molar-refractivity contribution is 7.09. The van der Waals surface area contributed by atoms with E-state index in [0.717, 1.165) is 30.9 Å². The molecule has 1 atom stereocenters. The zero-order valence-corrected chi connectivity index (χ0v) is 15.5. The van der Waals surface area contributed by atoms with Crippen LogP contribution in [-0.4, -0.2) is 34.9 Å². The minimum Gasteiger partial charge on any atom is -0.347 e. The van der Waals surface area contributed by atoms with E-state index >= 15 is 0 Å². The van der Waals surface area contributed by atoms with Crippen molar-refractivity contribution in [2.45, 2.75) is 45.2 Å². The van der Waals surface area contributed by atoms with Gasteiger partial charge in [0.25, 0.3) is 5.91 Å². The molecule has 0 bridgehead atoms. The van der Waals surface area contributed by atoms with Crippen molar-refractivity contribution < 1.29 is 9.18 Å². The fourth-order valence-corrected chi connectivity index (χ4v) is 3.92. The summed E-state index contributed by atoms with van der Waals surface area (Å²) in [7, 11) is 0. The number of hydrogen-bond acceptors (Lipinski definition) is 4. The zero-order chi connectivity index (χ0) is 17.8. The first-order valence-electron chi connectivity index (χ1n) is 8.75. The van der Waals surface area contributed by atoms with Crippen LogP contribution in [0.2, 0.25) is 0 Å². The Hall–Kier alpha value is -1.79. The first-order chi connectivity index (χ1) is 12.0. The van der Waals surface area contributed by atoms with Crippen LogP contribution in [0.5, 0.6) is 0 Å². The third kappa shape index (κ3) is 4.64. The van der Waals surface area contributed by atoms with Gasteiger partial charge in [0.1, 0.15) is 11.5 Å². The molecule has 0 aliphatic carbocycles. The number of halogens is 1. The number of thiazole rings is 1. The number of benzene rings is 1. The van der Waals surface area contributed by atoms with Crippen LogP contribution < -0.4 is 5.32 Å². The molecule has 1 amide bonds. The van der Waals surface area contributed by atoms with Crippen LogP contribution in [0.4, 0.5) is 4.39 Å². The number of nitrogens with one attached hydrogen (secondary N) is 1. The number of carbonyl (C=O) groups excluding carboxylic acids is 1. The van der Waals surface area contributed by atoms with Crippen molar-refractivity contribution in [3.63, 3.8) is 0 Å². The van der Waals surface area contributed by atoms with Crippen LogP contribution in [-0.2, 0) is 6.54 Å². The Kier molecular flexibility index (Phi) is 5.81. The van der Waals surface area contributed by atoms with Crippen molar-refractivity contribution in [2.24, 2.45) is 0 Å². The average molecular weight is 361 g/mol. The highest BCUT2D eigenvalue weighted by Crippen LogP contribution is 2.20. The number of hydrogen-bond donors (Lipinski definition) is 1. The summed E-state index contributed by atoms with van der Waals surface area (Å²) in [6.45, 7) is 6.38. The summed E-state index contributed by atoms with van der Waals surface area (Å²) in [5.41, 5.74) is 1.20. The molecule has 0 saturated carbocycles. The molecule has 1 aromatic carbocycles. The molecule has 1 saturated heterocycles. The first-order valence-corrected chi connectivity index (χ1v) is 9.63. The number of aromatic nitrogens is 1. The van der Waals surface area contributed by atoms with Crippen molar-refractivity contribution >= 4 is 17.2 Å². The minimum atomic E-state index is -0.169. The van der Waals surface area contributed by atoms with Gasteiger partial charge >= 0.3 is 0 Å².